The molecule has 0 unspecified atom stereocenters. The fraction of sp³-hybridized carbons (Fsp3) is 0.222. The number of hydrogen-bond acceptors (Lipinski definition) is 5. The van der Waals surface area contributed by atoms with Gasteiger partial charge in [0, 0.05) is 29.9 Å². The van der Waals surface area contributed by atoms with Crippen LogP contribution in [0.1, 0.15) is 0 Å². The number of anilines is 1. The molecule has 0 saturated carbocycles. The minimum Gasteiger partial charge on any atom is -0.383 e. The quantitative estimate of drug-likeness (QED) is 0.756. The lowest BCUT2D eigenvalue weighted by Crippen LogP contribution is -2.21. The molecule has 0 amide bonds. The Labute approximate surface area is 136 Å². The molecule has 1 aromatic heterocycles. The fourth-order valence-electron chi connectivity index (χ4n) is 2.28. The molecule has 0 aliphatic rings. The Hall–Kier alpha value is -2.66. The summed E-state index contributed by atoms with van der Waals surface area (Å²) in [6.07, 6.45) is 0. The van der Waals surface area contributed by atoms with E-state index in [1.54, 1.807) is 0 Å². The third kappa shape index (κ3) is 3.76. The van der Waals surface area contributed by atoms with Crippen molar-refractivity contribution in [1.82, 2.24) is 15.0 Å². The van der Waals surface area contributed by atoms with E-state index in [1.165, 1.54) is 0 Å². The van der Waals surface area contributed by atoms with Crippen LogP contribution in [-0.4, -0.2) is 42.2 Å². The maximum Gasteiger partial charge on any atom is 0.258 e. The highest BCUT2D eigenvalue weighted by Gasteiger charge is 2.13. The molecule has 3 aromatic rings. The Bertz CT molecular complexity index is 752. The molecule has 2 aromatic carbocycles. The van der Waals surface area contributed by atoms with Gasteiger partial charge in [-0.15, -0.1) is 0 Å². The van der Waals surface area contributed by atoms with Crippen LogP contribution in [-0.2, 0) is 0 Å². The van der Waals surface area contributed by atoms with Crippen LogP contribution in [0, 0.1) is 0 Å². The molecule has 0 aliphatic heterocycles. The summed E-state index contributed by atoms with van der Waals surface area (Å²) < 4.78 is 5.41. The van der Waals surface area contributed by atoms with E-state index in [4.69, 9.17) is 4.52 Å². The molecule has 0 saturated heterocycles. The van der Waals surface area contributed by atoms with E-state index in [-0.39, 0.29) is 0 Å². The molecular weight excluding hydrogens is 288 g/mol. The molecule has 1 heterocycles. The molecule has 5 nitrogen and oxygen atoms in total. The Kier molecular flexibility index (Phi) is 4.68. The first kappa shape index (κ1) is 15.2. The number of likely N-dealkylation sites (N-methyl/N-ethyl adjacent to an activating group) is 1. The van der Waals surface area contributed by atoms with Gasteiger partial charge in [-0.3, -0.25) is 0 Å². The maximum atomic E-state index is 5.41. The summed E-state index contributed by atoms with van der Waals surface area (Å²) in [4.78, 5) is 6.66. The smallest absolute Gasteiger partial charge is 0.258 e. The molecule has 0 fully saturated rings. The van der Waals surface area contributed by atoms with Crippen LogP contribution in [0.3, 0.4) is 0 Å². The number of aromatic nitrogens is 2. The molecule has 5 heteroatoms. The number of hydrogen-bond donors (Lipinski definition) is 1. The largest absolute Gasteiger partial charge is 0.383 e. The van der Waals surface area contributed by atoms with Crippen LogP contribution >= 0.6 is 0 Å². The van der Waals surface area contributed by atoms with Crippen LogP contribution < -0.4 is 5.32 Å². The minimum atomic E-state index is 0.531. The summed E-state index contributed by atoms with van der Waals surface area (Å²) in [5.74, 6) is 1.13. The number of benzene rings is 2. The van der Waals surface area contributed by atoms with Gasteiger partial charge < -0.3 is 14.7 Å². The number of nitrogens with one attached hydrogen (secondary N) is 1. The van der Waals surface area contributed by atoms with Crippen LogP contribution in [0.25, 0.3) is 22.8 Å². The Morgan fingerprint density at radius 2 is 1.74 bits per heavy atom. The van der Waals surface area contributed by atoms with E-state index in [1.807, 2.05) is 54.6 Å². The van der Waals surface area contributed by atoms with Gasteiger partial charge >= 0.3 is 0 Å². The topological polar surface area (TPSA) is 54.2 Å². The lowest BCUT2D eigenvalue weighted by Gasteiger charge is -2.13. The minimum absolute atomic E-state index is 0.531. The van der Waals surface area contributed by atoms with Gasteiger partial charge in [-0.25, -0.2) is 0 Å². The van der Waals surface area contributed by atoms with Gasteiger partial charge in [0.05, 0.1) is 0 Å². The van der Waals surface area contributed by atoms with Crippen molar-refractivity contribution in [1.29, 1.82) is 0 Å². The van der Waals surface area contributed by atoms with E-state index in [2.05, 4.69) is 34.5 Å². The maximum absolute atomic E-state index is 5.41. The van der Waals surface area contributed by atoms with Gasteiger partial charge in [0.2, 0.25) is 5.82 Å². The van der Waals surface area contributed by atoms with E-state index in [0.29, 0.717) is 11.7 Å². The van der Waals surface area contributed by atoms with Crippen molar-refractivity contribution in [2.24, 2.45) is 0 Å². The first-order valence-corrected chi connectivity index (χ1v) is 7.61. The van der Waals surface area contributed by atoms with Crippen LogP contribution in [0.2, 0.25) is 0 Å². The third-order valence-electron chi connectivity index (χ3n) is 3.49. The van der Waals surface area contributed by atoms with Gasteiger partial charge in [-0.05, 0) is 38.4 Å². The van der Waals surface area contributed by atoms with Crippen LogP contribution in [0.4, 0.5) is 5.69 Å². The number of nitrogens with zero attached hydrogens (tertiary/aromatic N) is 3. The molecule has 0 radical (unpaired) electrons. The molecule has 0 bridgehead atoms. The van der Waals surface area contributed by atoms with E-state index in [0.717, 1.165) is 29.9 Å². The molecule has 3 rings (SSSR count). The highest BCUT2D eigenvalue weighted by atomic mass is 16.5. The van der Waals surface area contributed by atoms with Crippen molar-refractivity contribution in [3.8, 4) is 22.8 Å². The summed E-state index contributed by atoms with van der Waals surface area (Å²) in [7, 11) is 4.11. The molecule has 118 valence electrons. The molecule has 0 spiro atoms. The van der Waals surface area contributed by atoms with E-state index < -0.39 is 0 Å². The Balaban J connectivity index is 1.83. The van der Waals surface area contributed by atoms with Crippen molar-refractivity contribution >= 4 is 5.69 Å². The van der Waals surface area contributed by atoms with Gasteiger partial charge in [0.15, 0.2) is 0 Å². The summed E-state index contributed by atoms with van der Waals surface area (Å²) >= 11 is 0. The number of para-hydroxylation sites is 1. The molecule has 0 aliphatic carbocycles. The Morgan fingerprint density at radius 1 is 1.00 bits per heavy atom. The summed E-state index contributed by atoms with van der Waals surface area (Å²) in [6, 6.07) is 17.8. The standard InChI is InChI=1S/C18H20N4O/c1-22(2)13-12-19-16-11-7-6-10-15(16)17-20-18(23-21-17)14-8-4-3-5-9-14/h3-11,19H,12-13H2,1-2H3. The molecular formula is C18H20N4O. The second-order valence-corrected chi connectivity index (χ2v) is 5.56. The van der Waals surface area contributed by atoms with Crippen molar-refractivity contribution in [3.63, 3.8) is 0 Å². The first-order chi connectivity index (χ1) is 11.2. The van der Waals surface area contributed by atoms with E-state index in [9.17, 15) is 0 Å². The highest BCUT2D eigenvalue weighted by Crippen LogP contribution is 2.27. The second-order valence-electron chi connectivity index (χ2n) is 5.56. The second kappa shape index (κ2) is 7.07. The monoisotopic (exact) mass is 308 g/mol. The zero-order valence-electron chi connectivity index (χ0n) is 13.4. The summed E-state index contributed by atoms with van der Waals surface area (Å²) in [6.45, 7) is 1.81. The SMILES string of the molecule is CN(C)CCNc1ccccc1-c1noc(-c2ccccc2)n1. The molecule has 0 atom stereocenters. The van der Waals surface area contributed by atoms with Gasteiger partial charge in [0.1, 0.15) is 0 Å². The normalized spacial score (nSPS) is 10.9. The lowest BCUT2D eigenvalue weighted by atomic mass is 10.1. The highest BCUT2D eigenvalue weighted by molar-refractivity contribution is 5.74. The summed E-state index contributed by atoms with van der Waals surface area (Å²) in [5, 5.41) is 7.56. The molecule has 23 heavy (non-hydrogen) atoms. The van der Waals surface area contributed by atoms with Gasteiger partial charge in [-0.2, -0.15) is 4.98 Å². The average Bonchev–Trinajstić information content (AvgIpc) is 3.06. The Morgan fingerprint density at radius 3 is 2.52 bits per heavy atom. The zero-order chi connectivity index (χ0) is 16.1. The lowest BCUT2D eigenvalue weighted by molar-refractivity contribution is 0.425. The number of rotatable bonds is 6. The fourth-order valence-corrected chi connectivity index (χ4v) is 2.28. The summed E-state index contributed by atoms with van der Waals surface area (Å²) in [5.41, 5.74) is 2.87. The van der Waals surface area contributed by atoms with Gasteiger partial charge in [0.25, 0.3) is 5.89 Å². The van der Waals surface area contributed by atoms with Gasteiger partial charge in [-0.1, -0.05) is 35.5 Å². The third-order valence-corrected chi connectivity index (χ3v) is 3.49. The predicted octanol–water partition coefficient (Wildman–Crippen LogP) is 3.38. The van der Waals surface area contributed by atoms with Crippen molar-refractivity contribution in [2.75, 3.05) is 32.5 Å². The zero-order valence-corrected chi connectivity index (χ0v) is 13.4. The van der Waals surface area contributed by atoms with Crippen LogP contribution in [0.15, 0.2) is 59.1 Å². The van der Waals surface area contributed by atoms with Crippen LogP contribution in [0.5, 0.6) is 0 Å². The van der Waals surface area contributed by atoms with Crippen molar-refractivity contribution in [3.05, 3.63) is 54.6 Å². The van der Waals surface area contributed by atoms with E-state index >= 15 is 0 Å². The molecule has 1 N–H and O–H groups in total. The van der Waals surface area contributed by atoms with Crippen molar-refractivity contribution in [2.45, 2.75) is 0 Å². The first-order valence-electron chi connectivity index (χ1n) is 7.61. The average molecular weight is 308 g/mol. The van der Waals surface area contributed by atoms with Crippen molar-refractivity contribution < 1.29 is 4.52 Å². The predicted molar refractivity (Wildman–Crippen MR) is 92.2 cm³/mol.